The van der Waals surface area contributed by atoms with Gasteiger partial charge in [0, 0.05) is 56.1 Å². The Morgan fingerprint density at radius 1 is 1.24 bits per heavy atom. The number of carbonyl (C=O) groups excluding carboxylic acids is 2. The second-order valence-electron chi connectivity index (χ2n) is 12.6. The Hall–Kier alpha value is -3.60. The molecule has 1 saturated carbocycles. The SMILES string of the molecule is C=C1CC2CC[C@H]1[C@@H](C(=O)N1CCC3(CC1)CN(c1ncnnc1Oc1ccc(F)cc1C(=O)N(CC)C(C)C)C3)N2. The van der Waals surface area contributed by atoms with E-state index in [0.29, 0.717) is 18.4 Å². The van der Waals surface area contributed by atoms with Crippen molar-refractivity contribution in [3.63, 3.8) is 0 Å². The average Bonchev–Trinajstić information content (AvgIpc) is 2.97. The average molecular weight is 578 g/mol. The van der Waals surface area contributed by atoms with Gasteiger partial charge in [-0.2, -0.15) is 0 Å². The number of halogens is 1. The van der Waals surface area contributed by atoms with Crippen LogP contribution in [0.3, 0.4) is 0 Å². The molecule has 5 aliphatic rings. The topological polar surface area (TPSA) is 104 Å². The molecule has 2 bridgehead atoms. The molecule has 2 aromatic rings. The number of nitrogens with one attached hydrogen (secondary N) is 1. The molecular weight excluding hydrogens is 537 g/mol. The number of rotatable bonds is 7. The van der Waals surface area contributed by atoms with Gasteiger partial charge in [-0.25, -0.2) is 9.37 Å². The van der Waals surface area contributed by atoms with Gasteiger partial charge in [-0.3, -0.25) is 9.59 Å². The summed E-state index contributed by atoms with van der Waals surface area (Å²) >= 11 is 0. The molecule has 0 radical (unpaired) electrons. The van der Waals surface area contributed by atoms with Crippen LogP contribution in [-0.2, 0) is 4.79 Å². The van der Waals surface area contributed by atoms with Crippen LogP contribution in [0.25, 0.3) is 0 Å². The summed E-state index contributed by atoms with van der Waals surface area (Å²) in [5.74, 6) is 0.559. The third-order valence-electron chi connectivity index (χ3n) is 9.61. The van der Waals surface area contributed by atoms with E-state index in [1.807, 2.05) is 25.7 Å². The van der Waals surface area contributed by atoms with Crippen LogP contribution in [0, 0.1) is 17.2 Å². The maximum atomic E-state index is 14.2. The summed E-state index contributed by atoms with van der Waals surface area (Å²) in [4.78, 5) is 36.9. The third kappa shape index (κ3) is 5.23. The number of amides is 2. The van der Waals surface area contributed by atoms with Crippen LogP contribution < -0.4 is 15.0 Å². The lowest BCUT2D eigenvalue weighted by Gasteiger charge is -2.55. The van der Waals surface area contributed by atoms with Gasteiger partial charge >= 0.3 is 0 Å². The van der Waals surface area contributed by atoms with Gasteiger partial charge in [0.2, 0.25) is 5.91 Å². The predicted molar refractivity (Wildman–Crippen MR) is 156 cm³/mol. The van der Waals surface area contributed by atoms with E-state index < -0.39 is 5.82 Å². The first-order valence-electron chi connectivity index (χ1n) is 15.1. The van der Waals surface area contributed by atoms with Crippen LogP contribution >= 0.6 is 0 Å². The number of hydrogen-bond donors (Lipinski definition) is 1. The number of likely N-dealkylation sites (tertiary alicyclic amines) is 1. The van der Waals surface area contributed by atoms with Gasteiger partial charge in [-0.15, -0.1) is 10.2 Å². The molecule has 5 heterocycles. The van der Waals surface area contributed by atoms with Gasteiger partial charge in [0.05, 0.1) is 11.6 Å². The van der Waals surface area contributed by atoms with E-state index in [0.717, 1.165) is 58.3 Å². The summed E-state index contributed by atoms with van der Waals surface area (Å²) in [5.41, 5.74) is 1.45. The van der Waals surface area contributed by atoms with Crippen LogP contribution in [0.15, 0.2) is 36.7 Å². The van der Waals surface area contributed by atoms with Crippen molar-refractivity contribution in [3.8, 4) is 11.6 Å². The summed E-state index contributed by atoms with van der Waals surface area (Å²) in [6, 6.07) is 4.11. The van der Waals surface area contributed by atoms with Crippen LogP contribution in [-0.4, -0.2) is 87.6 Å². The molecule has 10 nitrogen and oxygen atoms in total. The standard InChI is InChI=1S/C31H40FN7O3/c1-5-39(19(2)3)29(40)24-15-21(32)6-9-25(24)42-28-27(33-18-34-36-28)38-16-31(17-38)10-12-37(13-11-31)30(41)26-23-8-7-22(35-26)14-20(23)4/h6,9,15,18-19,22-23,26,35H,4-5,7-8,10-14,16-17H2,1-3H3/t22?,23-,26+/m1/s1. The molecule has 42 heavy (non-hydrogen) atoms. The number of nitrogens with zero attached hydrogens (tertiary/aromatic N) is 6. The molecule has 1 aromatic carbocycles. The Bertz CT molecular complexity index is 1370. The molecule has 2 amide bonds. The molecule has 7 rings (SSSR count). The highest BCUT2D eigenvalue weighted by atomic mass is 19.1. The lowest BCUT2D eigenvalue weighted by molar-refractivity contribution is -0.138. The van der Waals surface area contributed by atoms with E-state index in [1.165, 1.54) is 30.1 Å². The normalized spacial score (nSPS) is 24.6. The highest BCUT2D eigenvalue weighted by Crippen LogP contribution is 2.45. The minimum atomic E-state index is -0.519. The fourth-order valence-electron chi connectivity index (χ4n) is 7.24. The minimum absolute atomic E-state index is 0.0557. The van der Waals surface area contributed by atoms with E-state index in [9.17, 15) is 14.0 Å². The van der Waals surface area contributed by atoms with Crippen LogP contribution in [0.1, 0.15) is 63.2 Å². The van der Waals surface area contributed by atoms with E-state index in [2.05, 4.69) is 32.0 Å². The zero-order chi connectivity index (χ0) is 29.6. The lowest BCUT2D eigenvalue weighted by Crippen LogP contribution is -2.64. The number of fused-ring (bicyclic) bond motifs is 3. The highest BCUT2D eigenvalue weighted by Gasteiger charge is 2.49. The van der Waals surface area contributed by atoms with Crippen molar-refractivity contribution in [2.75, 3.05) is 37.6 Å². The summed E-state index contributed by atoms with van der Waals surface area (Å²) < 4.78 is 20.3. The fourth-order valence-corrected chi connectivity index (χ4v) is 7.24. The molecular formula is C31H40FN7O3. The minimum Gasteiger partial charge on any atom is -0.434 e. The monoisotopic (exact) mass is 577 g/mol. The van der Waals surface area contributed by atoms with Crippen molar-refractivity contribution < 1.29 is 18.7 Å². The molecule has 1 aromatic heterocycles. The first-order chi connectivity index (χ1) is 20.2. The number of benzene rings is 1. The number of hydrogen-bond acceptors (Lipinski definition) is 8. The summed E-state index contributed by atoms with van der Waals surface area (Å²) in [6.45, 7) is 13.5. The molecule has 11 heteroatoms. The van der Waals surface area contributed by atoms with Crippen LogP contribution in [0.5, 0.6) is 11.6 Å². The molecule has 224 valence electrons. The van der Waals surface area contributed by atoms with Gasteiger partial charge in [0.15, 0.2) is 5.82 Å². The van der Waals surface area contributed by atoms with Gasteiger partial charge < -0.3 is 24.8 Å². The van der Waals surface area contributed by atoms with Gasteiger partial charge in [-0.1, -0.05) is 12.2 Å². The maximum absolute atomic E-state index is 14.2. The van der Waals surface area contributed by atoms with Crippen LogP contribution in [0.4, 0.5) is 10.2 Å². The number of piperidine rings is 3. The summed E-state index contributed by atoms with van der Waals surface area (Å²) in [5, 5.41) is 11.7. The van der Waals surface area contributed by atoms with E-state index >= 15 is 0 Å². The second-order valence-corrected chi connectivity index (χ2v) is 12.6. The third-order valence-corrected chi connectivity index (χ3v) is 9.61. The molecule has 4 aliphatic heterocycles. The smallest absolute Gasteiger partial charge is 0.282 e. The molecule has 1 N–H and O–H groups in total. The number of anilines is 1. The molecule has 5 fully saturated rings. The zero-order valence-electron chi connectivity index (χ0n) is 24.7. The van der Waals surface area contributed by atoms with Gasteiger partial charge in [0.1, 0.15) is 17.9 Å². The number of carbonyl (C=O) groups is 2. The first kappa shape index (κ1) is 28.5. The zero-order valence-corrected chi connectivity index (χ0v) is 24.7. The largest absolute Gasteiger partial charge is 0.434 e. The van der Waals surface area contributed by atoms with Crippen molar-refractivity contribution >= 4 is 17.6 Å². The first-order valence-corrected chi connectivity index (χ1v) is 15.1. The molecule has 1 aliphatic carbocycles. The second kappa shape index (κ2) is 11.2. The van der Waals surface area contributed by atoms with E-state index in [-0.39, 0.29) is 52.4 Å². The highest BCUT2D eigenvalue weighted by molar-refractivity contribution is 5.97. The maximum Gasteiger partial charge on any atom is 0.282 e. The Morgan fingerprint density at radius 2 is 2.00 bits per heavy atom. The van der Waals surface area contributed by atoms with E-state index in [1.54, 1.807) is 4.90 Å². The van der Waals surface area contributed by atoms with Gasteiger partial charge in [-0.05, 0) is 71.1 Å². The Balaban J connectivity index is 1.11. The number of ether oxygens (including phenoxy) is 1. The van der Waals surface area contributed by atoms with Gasteiger partial charge in [0.25, 0.3) is 11.8 Å². The quantitative estimate of drug-likeness (QED) is 0.496. The predicted octanol–water partition coefficient (Wildman–Crippen LogP) is 3.80. The lowest BCUT2D eigenvalue weighted by atomic mass is 9.71. The van der Waals surface area contributed by atoms with Crippen molar-refractivity contribution in [1.29, 1.82) is 0 Å². The summed E-state index contributed by atoms with van der Waals surface area (Å²) in [7, 11) is 0. The van der Waals surface area contributed by atoms with Crippen molar-refractivity contribution in [1.82, 2.24) is 30.3 Å². The number of aromatic nitrogens is 3. The fraction of sp³-hybridized carbons (Fsp3) is 0.581. The molecule has 1 unspecified atom stereocenters. The van der Waals surface area contributed by atoms with Crippen molar-refractivity contribution in [3.05, 3.63) is 48.1 Å². The van der Waals surface area contributed by atoms with Crippen molar-refractivity contribution in [2.24, 2.45) is 11.3 Å². The molecule has 1 spiro atoms. The molecule has 4 saturated heterocycles. The van der Waals surface area contributed by atoms with E-state index in [4.69, 9.17) is 4.74 Å². The van der Waals surface area contributed by atoms with Crippen molar-refractivity contribution in [2.45, 2.75) is 71.0 Å². The van der Waals surface area contributed by atoms with Crippen LogP contribution in [0.2, 0.25) is 0 Å². The molecule has 3 atom stereocenters. The Morgan fingerprint density at radius 3 is 2.67 bits per heavy atom. The summed E-state index contributed by atoms with van der Waals surface area (Å²) in [6.07, 6.45) is 6.39. The Labute approximate surface area is 246 Å². The Kier molecular flexibility index (Phi) is 7.63.